The van der Waals surface area contributed by atoms with E-state index in [4.69, 9.17) is 15.2 Å². The van der Waals surface area contributed by atoms with Gasteiger partial charge in [0.05, 0.1) is 24.2 Å². The Morgan fingerprint density at radius 1 is 1.32 bits per heavy atom. The highest BCUT2D eigenvalue weighted by molar-refractivity contribution is 9.10. The minimum absolute atomic E-state index is 0.201. The summed E-state index contributed by atoms with van der Waals surface area (Å²) in [5, 5.41) is 10.8. The van der Waals surface area contributed by atoms with Gasteiger partial charge in [-0.3, -0.25) is 0 Å². The molecule has 22 heavy (non-hydrogen) atoms. The quantitative estimate of drug-likeness (QED) is 0.732. The fourth-order valence-electron chi connectivity index (χ4n) is 1.80. The molecule has 0 atom stereocenters. The Labute approximate surface area is 137 Å². The van der Waals surface area contributed by atoms with Crippen LogP contribution in [0.4, 0.5) is 5.95 Å². The summed E-state index contributed by atoms with van der Waals surface area (Å²) in [7, 11) is 0. The van der Waals surface area contributed by atoms with E-state index in [1.165, 1.54) is 4.79 Å². The molecule has 0 radical (unpaired) electrons. The van der Waals surface area contributed by atoms with Crippen molar-refractivity contribution in [1.29, 1.82) is 0 Å². The van der Waals surface area contributed by atoms with Gasteiger partial charge in [0.25, 0.3) is 5.95 Å². The lowest BCUT2D eigenvalue weighted by atomic mass is 10.2. The van der Waals surface area contributed by atoms with E-state index < -0.39 is 0 Å². The summed E-state index contributed by atoms with van der Waals surface area (Å²) < 4.78 is 12.2. The average Bonchev–Trinajstić information content (AvgIpc) is 2.90. The van der Waals surface area contributed by atoms with E-state index in [0.717, 1.165) is 22.2 Å². The number of aromatic nitrogens is 4. The molecule has 0 saturated heterocycles. The number of nitrogen functional groups attached to an aromatic ring is 1. The molecule has 2 aromatic rings. The maximum atomic E-state index is 5.74. The number of ether oxygens (including phenoxy) is 2. The largest absolute Gasteiger partial charge is 0.490 e. The van der Waals surface area contributed by atoms with Crippen LogP contribution in [0.2, 0.25) is 0 Å². The summed E-state index contributed by atoms with van der Waals surface area (Å²) in [6.07, 6.45) is 0.930. The molecular weight excluding hydrogens is 352 g/mol. The van der Waals surface area contributed by atoms with Crippen LogP contribution < -0.4 is 20.6 Å². The van der Waals surface area contributed by atoms with Gasteiger partial charge in [-0.1, -0.05) is 12.0 Å². The number of benzene rings is 1. The van der Waals surface area contributed by atoms with Gasteiger partial charge < -0.3 is 20.6 Å². The molecule has 0 saturated carbocycles. The van der Waals surface area contributed by atoms with E-state index in [9.17, 15) is 0 Å². The summed E-state index contributed by atoms with van der Waals surface area (Å²) in [6, 6.07) is 3.88. The first-order chi connectivity index (χ1) is 10.7. The third kappa shape index (κ3) is 4.00. The summed E-state index contributed by atoms with van der Waals surface area (Å²) in [4.78, 5) is 1.32. The molecular formula is C13H19BrN6O2. The highest BCUT2D eigenvalue weighted by atomic mass is 79.9. The zero-order valence-corrected chi connectivity index (χ0v) is 14.1. The first-order valence-corrected chi connectivity index (χ1v) is 7.80. The number of hydrogen-bond acceptors (Lipinski definition) is 7. The van der Waals surface area contributed by atoms with Crippen LogP contribution in [0.5, 0.6) is 11.5 Å². The fraction of sp³-hybridized carbons (Fsp3) is 0.462. The predicted molar refractivity (Wildman–Crippen MR) is 86.4 cm³/mol. The Bertz CT molecular complexity index is 619. The average molecular weight is 371 g/mol. The van der Waals surface area contributed by atoms with Crippen molar-refractivity contribution < 1.29 is 9.47 Å². The number of nitrogens with two attached hydrogens (primary N) is 1. The smallest absolute Gasteiger partial charge is 0.260 e. The molecule has 0 unspecified atom stereocenters. The number of nitrogens with zero attached hydrogens (tertiary/aromatic N) is 4. The molecule has 0 aliphatic carbocycles. The second-order valence-corrected chi connectivity index (χ2v) is 5.32. The van der Waals surface area contributed by atoms with Crippen LogP contribution in [0.25, 0.3) is 0 Å². The Morgan fingerprint density at radius 3 is 2.77 bits per heavy atom. The molecule has 3 N–H and O–H groups in total. The predicted octanol–water partition coefficient (Wildman–Crippen LogP) is 1.95. The van der Waals surface area contributed by atoms with Crippen molar-refractivity contribution in [2.75, 3.05) is 24.4 Å². The van der Waals surface area contributed by atoms with Crippen LogP contribution in [0.1, 0.15) is 25.8 Å². The van der Waals surface area contributed by atoms with Crippen molar-refractivity contribution in [3.8, 4) is 11.5 Å². The Hall–Kier alpha value is -2.03. The molecule has 9 heteroatoms. The highest BCUT2D eigenvalue weighted by Crippen LogP contribution is 2.37. The number of halogens is 1. The molecule has 0 fully saturated rings. The van der Waals surface area contributed by atoms with E-state index in [2.05, 4.69) is 43.8 Å². The number of tetrazole rings is 1. The molecule has 0 amide bonds. The van der Waals surface area contributed by atoms with Crippen LogP contribution in [-0.4, -0.2) is 33.5 Å². The summed E-state index contributed by atoms with van der Waals surface area (Å²) in [6.45, 7) is 5.68. The van der Waals surface area contributed by atoms with Crippen LogP contribution in [0.3, 0.4) is 0 Å². The van der Waals surface area contributed by atoms with E-state index in [-0.39, 0.29) is 5.95 Å². The fourth-order valence-corrected chi connectivity index (χ4v) is 2.41. The number of hydrogen-bond donors (Lipinski definition) is 2. The van der Waals surface area contributed by atoms with Crippen molar-refractivity contribution >= 4 is 21.9 Å². The SMILES string of the molecule is CCCOc1c(Br)cc(CNn2nnnc2N)cc1OCC. The molecule has 0 aliphatic rings. The van der Waals surface area contributed by atoms with Gasteiger partial charge in [-0.2, -0.15) is 0 Å². The van der Waals surface area contributed by atoms with E-state index >= 15 is 0 Å². The monoisotopic (exact) mass is 370 g/mol. The number of nitrogens with one attached hydrogen (secondary N) is 1. The topological polar surface area (TPSA) is 100 Å². The van der Waals surface area contributed by atoms with Crippen molar-refractivity contribution in [3.63, 3.8) is 0 Å². The molecule has 0 bridgehead atoms. The zero-order valence-electron chi connectivity index (χ0n) is 12.5. The molecule has 2 rings (SSSR count). The van der Waals surface area contributed by atoms with Gasteiger partial charge in [0.1, 0.15) is 0 Å². The van der Waals surface area contributed by atoms with Gasteiger partial charge in [-0.15, -0.1) is 4.79 Å². The third-order valence-corrected chi connectivity index (χ3v) is 3.34. The molecule has 1 aromatic heterocycles. The Kier molecular flexibility index (Phi) is 5.82. The van der Waals surface area contributed by atoms with Gasteiger partial charge in [-0.25, -0.2) is 0 Å². The Morgan fingerprint density at radius 2 is 2.14 bits per heavy atom. The number of anilines is 1. The lowest BCUT2D eigenvalue weighted by molar-refractivity contribution is 0.275. The molecule has 1 heterocycles. The van der Waals surface area contributed by atoms with E-state index in [0.29, 0.717) is 25.5 Å². The van der Waals surface area contributed by atoms with Crippen LogP contribution in [0.15, 0.2) is 16.6 Å². The van der Waals surface area contributed by atoms with Crippen molar-refractivity contribution in [1.82, 2.24) is 20.3 Å². The first kappa shape index (κ1) is 16.3. The van der Waals surface area contributed by atoms with Gasteiger partial charge in [0, 0.05) is 0 Å². The van der Waals surface area contributed by atoms with Gasteiger partial charge in [-0.05, 0) is 57.4 Å². The highest BCUT2D eigenvalue weighted by Gasteiger charge is 2.12. The Balaban J connectivity index is 2.16. The van der Waals surface area contributed by atoms with Gasteiger partial charge in [0.15, 0.2) is 11.5 Å². The summed E-state index contributed by atoms with van der Waals surface area (Å²) >= 11 is 3.53. The maximum Gasteiger partial charge on any atom is 0.260 e. The number of rotatable bonds is 8. The van der Waals surface area contributed by atoms with E-state index in [1.54, 1.807) is 0 Å². The van der Waals surface area contributed by atoms with Crippen LogP contribution in [-0.2, 0) is 6.54 Å². The van der Waals surface area contributed by atoms with E-state index in [1.807, 2.05) is 19.1 Å². The van der Waals surface area contributed by atoms with Crippen molar-refractivity contribution in [2.45, 2.75) is 26.8 Å². The summed E-state index contributed by atoms with van der Waals surface area (Å²) in [5.41, 5.74) is 9.59. The first-order valence-electron chi connectivity index (χ1n) is 7.01. The second-order valence-electron chi connectivity index (χ2n) is 4.47. The van der Waals surface area contributed by atoms with Gasteiger partial charge >= 0.3 is 0 Å². The van der Waals surface area contributed by atoms with Gasteiger partial charge in [0.2, 0.25) is 0 Å². The molecule has 1 aromatic carbocycles. The lowest BCUT2D eigenvalue weighted by Gasteiger charge is -2.15. The molecule has 8 nitrogen and oxygen atoms in total. The van der Waals surface area contributed by atoms with Crippen LogP contribution >= 0.6 is 15.9 Å². The molecule has 120 valence electrons. The minimum atomic E-state index is 0.201. The minimum Gasteiger partial charge on any atom is -0.490 e. The standard InChI is InChI=1S/C13H19BrN6O2/c1-3-5-22-12-10(14)6-9(7-11(12)21-4-2)8-16-20-13(15)17-18-19-20/h6-7,16H,3-5,8H2,1-2H3,(H2,15,17,19). The lowest BCUT2D eigenvalue weighted by Crippen LogP contribution is -2.18. The normalized spacial score (nSPS) is 10.5. The van der Waals surface area contributed by atoms with Crippen molar-refractivity contribution in [2.24, 2.45) is 0 Å². The second kappa shape index (κ2) is 7.83. The molecule has 0 aliphatic heterocycles. The van der Waals surface area contributed by atoms with Crippen molar-refractivity contribution in [3.05, 3.63) is 22.2 Å². The maximum absolute atomic E-state index is 5.74. The molecule has 0 spiro atoms. The zero-order chi connectivity index (χ0) is 15.9. The summed E-state index contributed by atoms with van der Waals surface area (Å²) in [5.74, 6) is 1.62. The van der Waals surface area contributed by atoms with Crippen LogP contribution in [0, 0.1) is 0 Å². The third-order valence-electron chi connectivity index (χ3n) is 2.75.